The maximum absolute atomic E-state index is 12.3. The van der Waals surface area contributed by atoms with Gasteiger partial charge in [0.25, 0.3) is 0 Å². The number of hydrogen-bond donors (Lipinski definition) is 0. The molecule has 0 fully saturated rings. The Morgan fingerprint density at radius 2 is 1.88 bits per heavy atom. The Morgan fingerprint density at radius 1 is 1.15 bits per heavy atom. The van der Waals surface area contributed by atoms with Crippen molar-refractivity contribution >= 4 is 23.6 Å². The molecule has 1 aromatic carbocycles. The van der Waals surface area contributed by atoms with Crippen LogP contribution in [0.2, 0.25) is 0 Å². The SMILES string of the molecule is C=Cc1ccc(CC(=O)CSc2nnc(-c3ccncc3)n2CC)cc1. The quantitative estimate of drug-likeness (QED) is 0.567. The van der Waals surface area contributed by atoms with Gasteiger partial charge in [0.05, 0.1) is 5.75 Å². The number of carbonyl (C=O) groups excluding carboxylic acids is 1. The van der Waals surface area contributed by atoms with Gasteiger partial charge in [-0.25, -0.2) is 0 Å². The number of rotatable bonds is 8. The first-order chi connectivity index (χ1) is 12.7. The van der Waals surface area contributed by atoms with Crippen LogP contribution in [-0.2, 0) is 17.8 Å². The molecule has 0 unspecified atom stereocenters. The highest BCUT2D eigenvalue weighted by Crippen LogP contribution is 2.23. The number of hydrogen-bond acceptors (Lipinski definition) is 5. The molecule has 0 saturated carbocycles. The number of benzene rings is 1. The van der Waals surface area contributed by atoms with E-state index in [1.54, 1.807) is 18.5 Å². The van der Waals surface area contributed by atoms with E-state index >= 15 is 0 Å². The van der Waals surface area contributed by atoms with Crippen molar-refractivity contribution in [2.75, 3.05) is 5.75 Å². The average Bonchev–Trinajstić information content (AvgIpc) is 3.10. The first-order valence-electron chi connectivity index (χ1n) is 8.40. The molecular formula is C20H20N4OS. The van der Waals surface area contributed by atoms with Gasteiger partial charge in [-0.15, -0.1) is 10.2 Å². The van der Waals surface area contributed by atoms with Crippen molar-refractivity contribution in [1.29, 1.82) is 0 Å². The largest absolute Gasteiger partial charge is 0.302 e. The minimum absolute atomic E-state index is 0.164. The highest BCUT2D eigenvalue weighted by atomic mass is 32.2. The topological polar surface area (TPSA) is 60.7 Å². The Labute approximate surface area is 157 Å². The molecule has 0 aliphatic rings. The van der Waals surface area contributed by atoms with Crippen LogP contribution in [0.4, 0.5) is 0 Å². The molecule has 5 nitrogen and oxygen atoms in total. The molecule has 2 heterocycles. The summed E-state index contributed by atoms with van der Waals surface area (Å²) in [5, 5.41) is 9.30. The third kappa shape index (κ3) is 4.26. The van der Waals surface area contributed by atoms with Crippen LogP contribution >= 0.6 is 11.8 Å². The number of Topliss-reactive ketones (excluding diaryl/α,β-unsaturated/α-hetero) is 1. The Balaban J connectivity index is 1.64. The zero-order chi connectivity index (χ0) is 18.4. The number of aromatic nitrogens is 4. The van der Waals surface area contributed by atoms with Crippen LogP contribution in [-0.4, -0.2) is 31.3 Å². The molecule has 132 valence electrons. The number of carbonyl (C=O) groups is 1. The summed E-state index contributed by atoms with van der Waals surface area (Å²) >= 11 is 1.43. The first kappa shape index (κ1) is 18.1. The van der Waals surface area contributed by atoms with Crippen molar-refractivity contribution in [1.82, 2.24) is 19.7 Å². The maximum Gasteiger partial charge on any atom is 0.191 e. The van der Waals surface area contributed by atoms with E-state index in [0.717, 1.165) is 34.2 Å². The maximum atomic E-state index is 12.3. The van der Waals surface area contributed by atoms with E-state index in [4.69, 9.17) is 0 Å². The van der Waals surface area contributed by atoms with E-state index in [-0.39, 0.29) is 5.78 Å². The molecule has 0 aliphatic carbocycles. The first-order valence-corrected chi connectivity index (χ1v) is 9.39. The third-order valence-electron chi connectivity index (χ3n) is 3.95. The van der Waals surface area contributed by atoms with Gasteiger partial charge in [0.2, 0.25) is 0 Å². The summed E-state index contributed by atoms with van der Waals surface area (Å²) in [4.78, 5) is 16.3. The molecule has 0 bridgehead atoms. The fourth-order valence-corrected chi connectivity index (χ4v) is 3.45. The van der Waals surface area contributed by atoms with Gasteiger partial charge in [-0.1, -0.05) is 48.7 Å². The van der Waals surface area contributed by atoms with Gasteiger partial charge < -0.3 is 4.57 Å². The molecule has 0 radical (unpaired) electrons. The van der Waals surface area contributed by atoms with Gasteiger partial charge in [0.1, 0.15) is 5.78 Å². The van der Waals surface area contributed by atoms with Gasteiger partial charge >= 0.3 is 0 Å². The molecule has 3 rings (SSSR count). The lowest BCUT2D eigenvalue weighted by molar-refractivity contribution is -0.116. The molecule has 3 aromatic rings. The lowest BCUT2D eigenvalue weighted by atomic mass is 10.1. The van der Waals surface area contributed by atoms with E-state index in [2.05, 4.69) is 21.8 Å². The minimum atomic E-state index is 0.164. The van der Waals surface area contributed by atoms with Crippen LogP contribution in [0.3, 0.4) is 0 Å². The zero-order valence-electron chi connectivity index (χ0n) is 14.6. The van der Waals surface area contributed by atoms with E-state index in [1.165, 1.54) is 11.8 Å². The fraction of sp³-hybridized carbons (Fsp3) is 0.200. The van der Waals surface area contributed by atoms with Crippen LogP contribution in [0.25, 0.3) is 17.5 Å². The van der Waals surface area contributed by atoms with Crippen molar-refractivity contribution in [3.8, 4) is 11.4 Å². The standard InChI is InChI=1S/C20H20N4OS/c1-3-15-5-7-16(8-6-15)13-18(25)14-26-20-23-22-19(24(20)4-2)17-9-11-21-12-10-17/h3,5-12H,1,4,13-14H2,2H3. The smallest absolute Gasteiger partial charge is 0.191 e. The van der Waals surface area contributed by atoms with Crippen molar-refractivity contribution < 1.29 is 4.79 Å². The second kappa shape index (κ2) is 8.58. The molecule has 0 aliphatic heterocycles. The monoisotopic (exact) mass is 364 g/mol. The van der Waals surface area contributed by atoms with Crippen molar-refractivity contribution in [2.45, 2.75) is 25.0 Å². The van der Waals surface area contributed by atoms with Gasteiger partial charge in [-0.3, -0.25) is 9.78 Å². The number of thioether (sulfide) groups is 1. The fourth-order valence-electron chi connectivity index (χ4n) is 2.59. The summed E-state index contributed by atoms with van der Waals surface area (Å²) in [6.07, 6.45) is 5.68. The molecule has 26 heavy (non-hydrogen) atoms. The van der Waals surface area contributed by atoms with E-state index in [1.807, 2.05) is 47.9 Å². The minimum Gasteiger partial charge on any atom is -0.302 e. The number of ketones is 1. The summed E-state index contributed by atoms with van der Waals surface area (Å²) in [5.41, 5.74) is 3.03. The van der Waals surface area contributed by atoms with Gasteiger partial charge in [0.15, 0.2) is 11.0 Å². The number of nitrogens with zero attached hydrogens (tertiary/aromatic N) is 4. The molecule has 0 N–H and O–H groups in total. The Morgan fingerprint density at radius 3 is 2.54 bits per heavy atom. The Bertz CT molecular complexity index is 888. The molecule has 0 amide bonds. The van der Waals surface area contributed by atoms with Crippen LogP contribution in [0.5, 0.6) is 0 Å². The van der Waals surface area contributed by atoms with E-state index in [9.17, 15) is 4.79 Å². The number of pyridine rings is 1. The van der Waals surface area contributed by atoms with Crippen molar-refractivity contribution in [2.24, 2.45) is 0 Å². The molecule has 0 atom stereocenters. The van der Waals surface area contributed by atoms with Gasteiger partial charge in [-0.2, -0.15) is 0 Å². The molecule has 0 spiro atoms. The Hall–Kier alpha value is -2.73. The van der Waals surface area contributed by atoms with Crippen LogP contribution in [0.15, 0.2) is 60.5 Å². The summed E-state index contributed by atoms with van der Waals surface area (Å²) in [6, 6.07) is 11.7. The lowest BCUT2D eigenvalue weighted by Crippen LogP contribution is -2.07. The summed E-state index contributed by atoms with van der Waals surface area (Å²) in [6.45, 7) is 6.52. The van der Waals surface area contributed by atoms with Crippen LogP contribution in [0, 0.1) is 0 Å². The third-order valence-corrected chi connectivity index (χ3v) is 4.98. The van der Waals surface area contributed by atoms with Gasteiger partial charge in [0, 0.05) is 30.9 Å². The molecular weight excluding hydrogens is 344 g/mol. The van der Waals surface area contributed by atoms with Gasteiger partial charge in [-0.05, 0) is 30.2 Å². The highest BCUT2D eigenvalue weighted by Gasteiger charge is 2.14. The van der Waals surface area contributed by atoms with E-state index < -0.39 is 0 Å². The summed E-state index contributed by atoms with van der Waals surface area (Å²) in [5.74, 6) is 1.33. The predicted molar refractivity (Wildman–Crippen MR) is 105 cm³/mol. The van der Waals surface area contributed by atoms with E-state index in [0.29, 0.717) is 12.2 Å². The molecule has 0 saturated heterocycles. The average molecular weight is 364 g/mol. The predicted octanol–water partition coefficient (Wildman–Crippen LogP) is 3.91. The zero-order valence-corrected chi connectivity index (χ0v) is 15.4. The van der Waals surface area contributed by atoms with Crippen LogP contribution in [0.1, 0.15) is 18.1 Å². The molecule has 6 heteroatoms. The Kier molecular flexibility index (Phi) is 5.96. The van der Waals surface area contributed by atoms with Crippen LogP contribution < -0.4 is 0 Å². The molecule has 2 aromatic heterocycles. The second-order valence-corrected chi connectivity index (χ2v) is 6.68. The highest BCUT2D eigenvalue weighted by molar-refractivity contribution is 7.99. The normalized spacial score (nSPS) is 10.7. The summed E-state index contributed by atoms with van der Waals surface area (Å²) < 4.78 is 2.02. The lowest BCUT2D eigenvalue weighted by Gasteiger charge is -2.07. The van der Waals surface area contributed by atoms with Crippen molar-refractivity contribution in [3.63, 3.8) is 0 Å². The second-order valence-electron chi connectivity index (χ2n) is 5.74. The van der Waals surface area contributed by atoms with Crippen molar-refractivity contribution in [3.05, 3.63) is 66.5 Å². The summed E-state index contributed by atoms with van der Waals surface area (Å²) in [7, 11) is 0.